The predicted octanol–water partition coefficient (Wildman–Crippen LogP) is 4.08. The highest BCUT2D eigenvalue weighted by Gasteiger charge is 2.24. The Morgan fingerprint density at radius 2 is 2.14 bits per heavy atom. The Morgan fingerprint density at radius 3 is 3.00 bits per heavy atom. The van der Waals surface area contributed by atoms with Crippen molar-refractivity contribution in [2.24, 2.45) is 0 Å². The Hall–Kier alpha value is -3.06. The lowest BCUT2D eigenvalue weighted by Crippen LogP contribution is -2.32. The quantitative estimate of drug-likeness (QED) is 0.658. The topological polar surface area (TPSA) is 64.8 Å². The molecule has 0 spiro atoms. The van der Waals surface area contributed by atoms with E-state index in [0.717, 1.165) is 5.56 Å². The zero-order valence-electron chi connectivity index (χ0n) is 14.7. The first kappa shape index (κ1) is 18.3. The van der Waals surface area contributed by atoms with Gasteiger partial charge in [0, 0.05) is 17.1 Å². The minimum Gasteiger partial charge on any atom is -0.491 e. The van der Waals surface area contributed by atoms with Crippen molar-refractivity contribution in [1.29, 1.82) is 0 Å². The summed E-state index contributed by atoms with van der Waals surface area (Å²) < 4.78 is 29.9. The summed E-state index contributed by atoms with van der Waals surface area (Å²) in [5, 5.41) is 0.575. The standard InChI is InChI=1S/C20H16ClFN2O4/c21-14-5-6-17-13(9-14)10-24(7-8-26-17)20(25)16-11-28-19(23-16)12-27-18-4-2-1-3-15(18)22/h1-6,9,11H,7-8,10,12H2. The molecule has 8 heteroatoms. The number of ether oxygens (including phenoxy) is 2. The number of aromatic nitrogens is 1. The SMILES string of the molecule is O=C(c1coc(COc2ccccc2F)n1)N1CCOc2ccc(Cl)cc2C1. The minimum absolute atomic E-state index is 0.0875. The summed E-state index contributed by atoms with van der Waals surface area (Å²) in [5.41, 5.74) is 0.975. The second-order valence-corrected chi connectivity index (χ2v) is 6.61. The average molecular weight is 403 g/mol. The molecule has 0 saturated heterocycles. The number of carbonyl (C=O) groups excluding carboxylic acids is 1. The van der Waals surface area contributed by atoms with E-state index in [1.165, 1.54) is 18.4 Å². The summed E-state index contributed by atoms with van der Waals surface area (Å²) in [6, 6.07) is 11.3. The molecule has 1 aliphatic rings. The van der Waals surface area contributed by atoms with Gasteiger partial charge < -0.3 is 18.8 Å². The first-order valence-electron chi connectivity index (χ1n) is 8.62. The fraction of sp³-hybridized carbons (Fsp3) is 0.200. The number of amides is 1. The number of carbonyl (C=O) groups is 1. The molecular weight excluding hydrogens is 387 g/mol. The first-order chi connectivity index (χ1) is 13.6. The molecule has 0 radical (unpaired) electrons. The number of hydrogen-bond donors (Lipinski definition) is 0. The van der Waals surface area contributed by atoms with Gasteiger partial charge in [-0.05, 0) is 30.3 Å². The van der Waals surface area contributed by atoms with Crippen LogP contribution in [0.2, 0.25) is 5.02 Å². The van der Waals surface area contributed by atoms with Gasteiger partial charge in [-0.2, -0.15) is 0 Å². The molecule has 0 unspecified atom stereocenters. The Balaban J connectivity index is 1.44. The van der Waals surface area contributed by atoms with E-state index >= 15 is 0 Å². The monoisotopic (exact) mass is 402 g/mol. The fourth-order valence-corrected chi connectivity index (χ4v) is 3.07. The molecule has 144 valence electrons. The van der Waals surface area contributed by atoms with Gasteiger partial charge in [-0.1, -0.05) is 23.7 Å². The van der Waals surface area contributed by atoms with Crippen molar-refractivity contribution < 1.29 is 23.1 Å². The highest BCUT2D eigenvalue weighted by atomic mass is 35.5. The third kappa shape index (κ3) is 3.94. The maximum Gasteiger partial charge on any atom is 0.276 e. The number of benzene rings is 2. The molecular formula is C20H16ClFN2O4. The Kier molecular flexibility index (Phi) is 5.16. The molecule has 0 bridgehead atoms. The van der Waals surface area contributed by atoms with Crippen molar-refractivity contribution in [3.05, 3.63) is 76.7 Å². The molecule has 2 heterocycles. The van der Waals surface area contributed by atoms with E-state index in [-0.39, 0.29) is 29.8 Å². The molecule has 1 amide bonds. The lowest BCUT2D eigenvalue weighted by molar-refractivity contribution is 0.0727. The highest BCUT2D eigenvalue weighted by molar-refractivity contribution is 6.30. The van der Waals surface area contributed by atoms with Gasteiger partial charge in [0.1, 0.15) is 18.6 Å². The van der Waals surface area contributed by atoms with Gasteiger partial charge in [0.2, 0.25) is 5.89 Å². The van der Waals surface area contributed by atoms with Crippen LogP contribution in [0.15, 0.2) is 53.1 Å². The summed E-state index contributed by atoms with van der Waals surface area (Å²) in [6.07, 6.45) is 1.27. The number of para-hydroxylation sites is 1. The van der Waals surface area contributed by atoms with Gasteiger partial charge in [0.15, 0.2) is 23.9 Å². The molecule has 1 aromatic heterocycles. The second kappa shape index (κ2) is 7.90. The van der Waals surface area contributed by atoms with Crippen LogP contribution in [0.5, 0.6) is 11.5 Å². The van der Waals surface area contributed by atoms with Gasteiger partial charge in [-0.15, -0.1) is 0 Å². The van der Waals surface area contributed by atoms with Gasteiger partial charge in [-0.3, -0.25) is 4.79 Å². The molecule has 0 atom stereocenters. The lowest BCUT2D eigenvalue weighted by atomic mass is 10.2. The van der Waals surface area contributed by atoms with Gasteiger partial charge in [0.25, 0.3) is 5.91 Å². The fourth-order valence-electron chi connectivity index (χ4n) is 2.87. The maximum absolute atomic E-state index is 13.6. The molecule has 0 fully saturated rings. The Morgan fingerprint density at radius 1 is 1.29 bits per heavy atom. The van der Waals surface area contributed by atoms with Crippen LogP contribution in [0.4, 0.5) is 4.39 Å². The summed E-state index contributed by atoms with van der Waals surface area (Å²) in [6.45, 7) is 1.03. The molecule has 4 rings (SSSR count). The molecule has 28 heavy (non-hydrogen) atoms. The third-order valence-corrected chi connectivity index (χ3v) is 4.48. The molecule has 0 saturated carbocycles. The van der Waals surface area contributed by atoms with E-state index in [0.29, 0.717) is 30.5 Å². The number of oxazole rings is 1. The van der Waals surface area contributed by atoms with Crippen molar-refractivity contribution in [2.45, 2.75) is 13.2 Å². The molecule has 0 aliphatic carbocycles. The second-order valence-electron chi connectivity index (χ2n) is 6.17. The zero-order valence-corrected chi connectivity index (χ0v) is 15.5. The van der Waals surface area contributed by atoms with Gasteiger partial charge in [0.05, 0.1) is 6.54 Å². The van der Waals surface area contributed by atoms with E-state index in [2.05, 4.69) is 4.98 Å². The van der Waals surface area contributed by atoms with Crippen LogP contribution >= 0.6 is 11.6 Å². The van der Waals surface area contributed by atoms with Crippen molar-refractivity contribution in [3.8, 4) is 11.5 Å². The average Bonchev–Trinajstić information content (AvgIpc) is 3.06. The number of nitrogens with zero attached hydrogens (tertiary/aromatic N) is 2. The smallest absolute Gasteiger partial charge is 0.276 e. The molecule has 0 N–H and O–H groups in total. The van der Waals surface area contributed by atoms with E-state index < -0.39 is 5.82 Å². The van der Waals surface area contributed by atoms with Crippen molar-refractivity contribution in [1.82, 2.24) is 9.88 Å². The largest absolute Gasteiger partial charge is 0.491 e. The molecule has 3 aromatic rings. The van der Waals surface area contributed by atoms with Crippen molar-refractivity contribution >= 4 is 17.5 Å². The first-order valence-corrected chi connectivity index (χ1v) is 9.00. The van der Waals surface area contributed by atoms with E-state index in [9.17, 15) is 9.18 Å². The molecule has 6 nitrogen and oxygen atoms in total. The van der Waals surface area contributed by atoms with Crippen LogP contribution in [0.3, 0.4) is 0 Å². The predicted molar refractivity (Wildman–Crippen MR) is 98.9 cm³/mol. The maximum atomic E-state index is 13.6. The van der Waals surface area contributed by atoms with Crippen LogP contribution < -0.4 is 9.47 Å². The zero-order chi connectivity index (χ0) is 19.5. The number of fused-ring (bicyclic) bond motifs is 1. The number of halogens is 2. The van der Waals surface area contributed by atoms with Crippen LogP contribution in [-0.2, 0) is 13.2 Å². The Bertz CT molecular complexity index is 1010. The summed E-state index contributed by atoms with van der Waals surface area (Å²) in [7, 11) is 0. The third-order valence-electron chi connectivity index (χ3n) is 4.25. The minimum atomic E-state index is -0.479. The van der Waals surface area contributed by atoms with Gasteiger partial charge in [-0.25, -0.2) is 9.37 Å². The molecule has 2 aromatic carbocycles. The number of rotatable bonds is 4. The van der Waals surface area contributed by atoms with Crippen molar-refractivity contribution in [2.75, 3.05) is 13.2 Å². The van der Waals surface area contributed by atoms with Crippen LogP contribution in [0.25, 0.3) is 0 Å². The normalized spacial score (nSPS) is 13.4. The summed E-state index contributed by atoms with van der Waals surface area (Å²) >= 11 is 6.05. The van der Waals surface area contributed by atoms with Crippen LogP contribution in [0.1, 0.15) is 21.9 Å². The molecule has 1 aliphatic heterocycles. The van der Waals surface area contributed by atoms with E-state index in [4.69, 9.17) is 25.5 Å². The van der Waals surface area contributed by atoms with Gasteiger partial charge >= 0.3 is 0 Å². The Labute approximate surface area is 165 Å². The van der Waals surface area contributed by atoms with E-state index in [1.807, 2.05) is 0 Å². The highest BCUT2D eigenvalue weighted by Crippen LogP contribution is 2.27. The van der Waals surface area contributed by atoms with Crippen molar-refractivity contribution in [3.63, 3.8) is 0 Å². The summed E-state index contributed by atoms with van der Waals surface area (Å²) in [4.78, 5) is 18.6. The summed E-state index contributed by atoms with van der Waals surface area (Å²) in [5.74, 6) is 0.205. The number of hydrogen-bond acceptors (Lipinski definition) is 5. The van der Waals surface area contributed by atoms with Crippen LogP contribution in [-0.4, -0.2) is 28.9 Å². The van der Waals surface area contributed by atoms with Crippen LogP contribution in [0, 0.1) is 5.82 Å². The lowest BCUT2D eigenvalue weighted by Gasteiger charge is -2.18. The van der Waals surface area contributed by atoms with E-state index in [1.54, 1.807) is 35.2 Å².